The molecule has 1 atom stereocenters. The maximum Gasteiger partial charge on any atom is 0.339 e. The molecule has 0 radical (unpaired) electrons. The molecule has 1 aromatic rings. The molecule has 0 aliphatic carbocycles. The number of likely N-dealkylation sites (N-methyl/N-ethyl adjacent to an activating group) is 1. The molecule has 0 fully saturated rings. The summed E-state index contributed by atoms with van der Waals surface area (Å²) in [5.74, 6) is -1.21. The first-order valence-electron chi connectivity index (χ1n) is 5.60. The van der Waals surface area contributed by atoms with Crippen molar-refractivity contribution in [1.82, 2.24) is 4.90 Å². The monoisotopic (exact) mass is 300 g/mol. The molecule has 0 heterocycles. The summed E-state index contributed by atoms with van der Waals surface area (Å²) in [5, 5.41) is 10.6. The average molecular weight is 301 g/mol. The van der Waals surface area contributed by atoms with Gasteiger partial charge in [-0.1, -0.05) is 11.6 Å². The van der Waals surface area contributed by atoms with Gasteiger partial charge in [-0.2, -0.15) is 0 Å². The van der Waals surface area contributed by atoms with Gasteiger partial charge in [-0.3, -0.25) is 14.9 Å². The first-order chi connectivity index (χ1) is 9.23. The van der Waals surface area contributed by atoms with Gasteiger partial charge in [-0.15, -0.1) is 0 Å². The van der Waals surface area contributed by atoms with Crippen LogP contribution in [0.4, 0.5) is 5.69 Å². The van der Waals surface area contributed by atoms with Crippen LogP contribution in [0.15, 0.2) is 18.2 Å². The standard InChI is InChI=1S/C12H13ClN2O5/c1-7(11(16)14(2)3)20-12(17)8-4-5-9(13)10(6-8)15(18)19/h4-7H,1-3H3/t7-/m1/s1. The summed E-state index contributed by atoms with van der Waals surface area (Å²) in [6, 6.07) is 3.54. The lowest BCUT2D eigenvalue weighted by Gasteiger charge is -2.17. The number of esters is 1. The maximum atomic E-state index is 11.8. The molecule has 1 rings (SSSR count). The van der Waals surface area contributed by atoms with Crippen molar-refractivity contribution in [2.24, 2.45) is 0 Å². The molecule has 7 nitrogen and oxygen atoms in total. The summed E-state index contributed by atoms with van der Waals surface area (Å²) in [4.78, 5) is 34.7. The van der Waals surface area contributed by atoms with E-state index < -0.39 is 22.7 Å². The predicted molar refractivity (Wildman–Crippen MR) is 71.7 cm³/mol. The van der Waals surface area contributed by atoms with E-state index in [2.05, 4.69) is 0 Å². The topological polar surface area (TPSA) is 89.7 Å². The fourth-order valence-electron chi connectivity index (χ4n) is 1.42. The Bertz CT molecular complexity index is 559. The molecule has 108 valence electrons. The van der Waals surface area contributed by atoms with E-state index in [0.717, 1.165) is 6.07 Å². The summed E-state index contributed by atoms with van der Waals surface area (Å²) in [5.41, 5.74) is -0.438. The van der Waals surface area contributed by atoms with Crippen molar-refractivity contribution in [3.63, 3.8) is 0 Å². The van der Waals surface area contributed by atoms with Gasteiger partial charge >= 0.3 is 5.97 Å². The van der Waals surface area contributed by atoms with Crippen molar-refractivity contribution in [1.29, 1.82) is 0 Å². The molecule has 0 aliphatic heterocycles. The predicted octanol–water partition coefficient (Wildman–Crippen LogP) is 1.88. The number of amides is 1. The highest BCUT2D eigenvalue weighted by Gasteiger charge is 2.22. The second-order valence-electron chi connectivity index (χ2n) is 4.20. The highest BCUT2D eigenvalue weighted by Crippen LogP contribution is 2.25. The number of halogens is 1. The van der Waals surface area contributed by atoms with E-state index in [0.29, 0.717) is 0 Å². The van der Waals surface area contributed by atoms with Gasteiger partial charge in [0.1, 0.15) is 5.02 Å². The molecular weight excluding hydrogens is 288 g/mol. The van der Waals surface area contributed by atoms with Crippen molar-refractivity contribution >= 4 is 29.2 Å². The van der Waals surface area contributed by atoms with Gasteiger partial charge in [0.2, 0.25) is 0 Å². The van der Waals surface area contributed by atoms with Crippen LogP contribution in [-0.2, 0) is 9.53 Å². The largest absolute Gasteiger partial charge is 0.449 e. The molecule has 0 bridgehead atoms. The maximum absolute atomic E-state index is 11.8. The normalized spacial score (nSPS) is 11.6. The minimum atomic E-state index is -0.979. The Hall–Kier alpha value is -2.15. The number of ether oxygens (including phenoxy) is 1. The van der Waals surface area contributed by atoms with Gasteiger partial charge in [-0.25, -0.2) is 4.79 Å². The van der Waals surface area contributed by atoms with E-state index in [9.17, 15) is 19.7 Å². The van der Waals surface area contributed by atoms with Gasteiger partial charge in [0.15, 0.2) is 6.10 Å². The fraction of sp³-hybridized carbons (Fsp3) is 0.333. The number of carbonyl (C=O) groups is 2. The molecule has 1 aromatic carbocycles. The zero-order valence-corrected chi connectivity index (χ0v) is 11.9. The van der Waals surface area contributed by atoms with Crippen molar-refractivity contribution in [2.75, 3.05) is 14.1 Å². The van der Waals surface area contributed by atoms with E-state index in [1.165, 1.54) is 38.1 Å². The van der Waals surface area contributed by atoms with Gasteiger partial charge in [0.25, 0.3) is 11.6 Å². The van der Waals surface area contributed by atoms with Gasteiger partial charge in [0.05, 0.1) is 10.5 Å². The molecule has 8 heteroatoms. The molecular formula is C12H13ClN2O5. The van der Waals surface area contributed by atoms with Crippen molar-refractivity contribution in [3.8, 4) is 0 Å². The van der Waals surface area contributed by atoms with E-state index in [4.69, 9.17) is 16.3 Å². The third kappa shape index (κ3) is 3.67. The lowest BCUT2D eigenvalue weighted by molar-refractivity contribution is -0.384. The zero-order valence-electron chi connectivity index (χ0n) is 11.1. The molecule has 0 unspecified atom stereocenters. The lowest BCUT2D eigenvalue weighted by Crippen LogP contribution is -2.34. The van der Waals surface area contributed by atoms with Crippen LogP contribution in [-0.4, -0.2) is 41.9 Å². The zero-order chi connectivity index (χ0) is 15.4. The highest BCUT2D eigenvalue weighted by atomic mass is 35.5. The van der Waals surface area contributed by atoms with Crippen LogP contribution in [0, 0.1) is 10.1 Å². The third-order valence-electron chi connectivity index (χ3n) is 2.45. The summed E-state index contributed by atoms with van der Waals surface area (Å²) in [7, 11) is 3.06. The fourth-order valence-corrected chi connectivity index (χ4v) is 1.61. The quantitative estimate of drug-likeness (QED) is 0.481. The number of carbonyl (C=O) groups excluding carboxylic acids is 2. The Morgan fingerprint density at radius 2 is 2.00 bits per heavy atom. The molecule has 0 aliphatic rings. The van der Waals surface area contributed by atoms with Crippen LogP contribution in [0.3, 0.4) is 0 Å². The Morgan fingerprint density at radius 1 is 1.40 bits per heavy atom. The van der Waals surface area contributed by atoms with Gasteiger partial charge in [0, 0.05) is 20.2 Å². The van der Waals surface area contributed by atoms with Gasteiger partial charge < -0.3 is 9.64 Å². The Kier molecular flexibility index (Phi) is 5.04. The molecule has 0 saturated carbocycles. The molecule has 0 N–H and O–H groups in total. The molecule has 0 aromatic heterocycles. The third-order valence-corrected chi connectivity index (χ3v) is 2.77. The van der Waals surface area contributed by atoms with Crippen LogP contribution < -0.4 is 0 Å². The molecule has 20 heavy (non-hydrogen) atoms. The second-order valence-corrected chi connectivity index (χ2v) is 4.61. The second kappa shape index (κ2) is 6.33. The Labute approximate surface area is 120 Å². The highest BCUT2D eigenvalue weighted by molar-refractivity contribution is 6.32. The van der Waals surface area contributed by atoms with E-state index >= 15 is 0 Å². The number of nitro groups is 1. The summed E-state index contributed by atoms with van der Waals surface area (Å²) >= 11 is 5.64. The summed E-state index contributed by atoms with van der Waals surface area (Å²) in [6.45, 7) is 1.42. The minimum Gasteiger partial charge on any atom is -0.449 e. The summed E-state index contributed by atoms with van der Waals surface area (Å²) in [6.07, 6.45) is -0.979. The van der Waals surface area contributed by atoms with Crippen LogP contribution in [0.25, 0.3) is 0 Å². The van der Waals surface area contributed by atoms with Crippen LogP contribution >= 0.6 is 11.6 Å². The van der Waals surface area contributed by atoms with Crippen LogP contribution in [0.2, 0.25) is 5.02 Å². The lowest BCUT2D eigenvalue weighted by atomic mass is 10.2. The number of rotatable bonds is 4. The number of hydrogen-bond acceptors (Lipinski definition) is 5. The smallest absolute Gasteiger partial charge is 0.339 e. The van der Waals surface area contributed by atoms with Gasteiger partial charge in [-0.05, 0) is 19.1 Å². The molecule has 0 spiro atoms. The number of nitro benzene ring substituents is 1. The Morgan fingerprint density at radius 3 is 2.50 bits per heavy atom. The van der Waals surface area contributed by atoms with Crippen LogP contribution in [0.1, 0.15) is 17.3 Å². The summed E-state index contributed by atoms with van der Waals surface area (Å²) < 4.78 is 4.94. The first kappa shape index (κ1) is 15.9. The number of nitrogens with zero attached hydrogens (tertiary/aromatic N) is 2. The number of hydrogen-bond donors (Lipinski definition) is 0. The van der Waals surface area contributed by atoms with E-state index in [1.54, 1.807) is 0 Å². The average Bonchev–Trinajstić information content (AvgIpc) is 2.37. The van der Waals surface area contributed by atoms with E-state index in [1.807, 2.05) is 0 Å². The SMILES string of the molecule is C[C@@H](OC(=O)c1ccc(Cl)c([N+](=O)[O-])c1)C(=O)N(C)C. The van der Waals surface area contributed by atoms with Crippen molar-refractivity contribution in [3.05, 3.63) is 38.9 Å². The first-order valence-corrected chi connectivity index (χ1v) is 5.98. The van der Waals surface area contributed by atoms with E-state index in [-0.39, 0.29) is 16.5 Å². The molecule has 1 amide bonds. The molecule has 0 saturated heterocycles. The number of benzene rings is 1. The Balaban J connectivity index is 2.91. The minimum absolute atomic E-state index is 0.0421. The van der Waals surface area contributed by atoms with Crippen molar-refractivity contribution < 1.29 is 19.2 Å². The van der Waals surface area contributed by atoms with Crippen molar-refractivity contribution in [2.45, 2.75) is 13.0 Å². The van der Waals surface area contributed by atoms with Crippen LogP contribution in [0.5, 0.6) is 0 Å².